The van der Waals surface area contributed by atoms with Crippen molar-refractivity contribution in [1.29, 1.82) is 0 Å². The fraction of sp³-hybridized carbons (Fsp3) is 0.556. The van der Waals surface area contributed by atoms with Crippen LogP contribution >= 0.6 is 0 Å². The highest BCUT2D eigenvalue weighted by atomic mass is 16.4. The Morgan fingerprint density at radius 2 is 1.77 bits per heavy atom. The smallest absolute Gasteiger partial charge is 0.303 e. The van der Waals surface area contributed by atoms with Gasteiger partial charge in [-0.1, -0.05) is 36.6 Å². The van der Waals surface area contributed by atoms with Gasteiger partial charge in [-0.05, 0) is 44.2 Å². The van der Waals surface area contributed by atoms with Crippen molar-refractivity contribution in [2.24, 2.45) is 0 Å². The summed E-state index contributed by atoms with van der Waals surface area (Å²) in [6, 6.07) is 6.32. The van der Waals surface area contributed by atoms with Crippen LogP contribution in [0.1, 0.15) is 55.2 Å². The highest BCUT2D eigenvalue weighted by Crippen LogP contribution is 2.12. The summed E-state index contributed by atoms with van der Waals surface area (Å²) < 4.78 is 0. The number of hydrogen-bond donors (Lipinski definition) is 2. The third-order valence-corrected chi connectivity index (χ3v) is 3.76. The molecule has 0 fully saturated rings. The zero-order valence-corrected chi connectivity index (χ0v) is 13.7. The van der Waals surface area contributed by atoms with Gasteiger partial charge in [0.15, 0.2) is 0 Å². The molecule has 0 atom stereocenters. The first-order valence-corrected chi connectivity index (χ1v) is 8.03. The molecule has 0 unspecified atom stereocenters. The molecule has 4 nitrogen and oxygen atoms in total. The Bertz CT molecular complexity index is 497. The van der Waals surface area contributed by atoms with Gasteiger partial charge in [0.2, 0.25) is 5.91 Å². The molecule has 22 heavy (non-hydrogen) atoms. The number of carboxylic acid groups (broad SMARTS) is 1. The molecule has 1 aromatic carbocycles. The van der Waals surface area contributed by atoms with Gasteiger partial charge in [0.05, 0.1) is 0 Å². The van der Waals surface area contributed by atoms with Crippen LogP contribution in [0.25, 0.3) is 0 Å². The van der Waals surface area contributed by atoms with Gasteiger partial charge in [-0.25, -0.2) is 0 Å². The zero-order chi connectivity index (χ0) is 16.4. The summed E-state index contributed by atoms with van der Waals surface area (Å²) in [6.07, 6.45) is 5.03. The molecule has 0 aromatic heterocycles. The van der Waals surface area contributed by atoms with Crippen LogP contribution in [0.3, 0.4) is 0 Å². The number of aliphatic carboxylic acids is 1. The van der Waals surface area contributed by atoms with Gasteiger partial charge in [-0.15, -0.1) is 0 Å². The van der Waals surface area contributed by atoms with E-state index in [1.165, 1.54) is 16.7 Å². The van der Waals surface area contributed by atoms with E-state index in [0.29, 0.717) is 13.0 Å². The third kappa shape index (κ3) is 7.81. The minimum Gasteiger partial charge on any atom is -0.481 e. The van der Waals surface area contributed by atoms with Crippen LogP contribution in [0.5, 0.6) is 0 Å². The van der Waals surface area contributed by atoms with Crippen molar-refractivity contribution in [3.8, 4) is 0 Å². The monoisotopic (exact) mass is 305 g/mol. The first-order chi connectivity index (χ1) is 10.5. The highest BCUT2D eigenvalue weighted by Gasteiger charge is 2.04. The molecule has 122 valence electrons. The number of amides is 1. The van der Waals surface area contributed by atoms with Gasteiger partial charge in [0.25, 0.3) is 0 Å². The molecule has 1 amide bonds. The van der Waals surface area contributed by atoms with Gasteiger partial charge < -0.3 is 10.4 Å². The number of benzene rings is 1. The fourth-order valence-corrected chi connectivity index (χ4v) is 2.45. The summed E-state index contributed by atoms with van der Waals surface area (Å²) in [5, 5.41) is 11.4. The number of rotatable bonds is 10. The van der Waals surface area contributed by atoms with Crippen LogP contribution in [-0.4, -0.2) is 23.5 Å². The van der Waals surface area contributed by atoms with Crippen molar-refractivity contribution >= 4 is 11.9 Å². The fourth-order valence-electron chi connectivity index (χ4n) is 2.45. The van der Waals surface area contributed by atoms with Crippen molar-refractivity contribution in [3.63, 3.8) is 0 Å². The van der Waals surface area contributed by atoms with Crippen LogP contribution in [0.15, 0.2) is 18.2 Å². The minimum absolute atomic E-state index is 0.0884. The number of nitrogens with one attached hydrogen (secondary N) is 1. The van der Waals surface area contributed by atoms with E-state index in [-0.39, 0.29) is 12.3 Å². The van der Waals surface area contributed by atoms with Crippen molar-refractivity contribution in [3.05, 3.63) is 34.9 Å². The highest BCUT2D eigenvalue weighted by molar-refractivity contribution is 5.76. The summed E-state index contributed by atoms with van der Waals surface area (Å²) >= 11 is 0. The van der Waals surface area contributed by atoms with Crippen LogP contribution in [0, 0.1) is 13.8 Å². The Hall–Kier alpha value is -1.84. The Kier molecular flexibility index (Phi) is 8.26. The van der Waals surface area contributed by atoms with Crippen LogP contribution < -0.4 is 5.32 Å². The molecule has 0 bridgehead atoms. The Balaban J connectivity index is 2.10. The quantitative estimate of drug-likeness (QED) is 0.651. The van der Waals surface area contributed by atoms with Gasteiger partial charge in [0, 0.05) is 19.4 Å². The molecule has 2 N–H and O–H groups in total. The maximum Gasteiger partial charge on any atom is 0.303 e. The van der Waals surface area contributed by atoms with E-state index in [9.17, 15) is 9.59 Å². The zero-order valence-electron chi connectivity index (χ0n) is 13.7. The molecule has 1 rings (SSSR count). The molecule has 1 aromatic rings. The number of hydrogen-bond acceptors (Lipinski definition) is 2. The van der Waals surface area contributed by atoms with Gasteiger partial charge in [0.1, 0.15) is 0 Å². The van der Waals surface area contributed by atoms with E-state index in [1.54, 1.807) is 0 Å². The maximum atomic E-state index is 11.8. The Morgan fingerprint density at radius 1 is 1.05 bits per heavy atom. The lowest BCUT2D eigenvalue weighted by atomic mass is 10.0. The molecule has 0 heterocycles. The van der Waals surface area contributed by atoms with E-state index >= 15 is 0 Å². The van der Waals surface area contributed by atoms with E-state index in [0.717, 1.165) is 32.1 Å². The Morgan fingerprint density at radius 3 is 2.45 bits per heavy atom. The van der Waals surface area contributed by atoms with Gasteiger partial charge >= 0.3 is 5.97 Å². The molecular formula is C18H27NO3. The molecule has 4 heteroatoms. The minimum atomic E-state index is -0.736. The number of carbonyl (C=O) groups excluding carboxylic acids is 1. The Labute approximate surface area is 132 Å². The van der Waals surface area contributed by atoms with Crippen LogP contribution in [0.4, 0.5) is 0 Å². The molecular weight excluding hydrogens is 278 g/mol. The number of carbonyl (C=O) groups is 2. The lowest BCUT2D eigenvalue weighted by Crippen LogP contribution is -2.24. The topological polar surface area (TPSA) is 66.4 Å². The SMILES string of the molecule is Cc1ccc(CCC(=O)NCCCCCCC(=O)O)c(C)c1. The number of aryl methyl sites for hydroxylation is 3. The molecule has 0 aliphatic rings. The first-order valence-electron chi connectivity index (χ1n) is 8.03. The van der Waals surface area contributed by atoms with E-state index < -0.39 is 5.97 Å². The summed E-state index contributed by atoms with van der Waals surface area (Å²) in [7, 11) is 0. The molecule has 0 saturated heterocycles. The summed E-state index contributed by atoms with van der Waals surface area (Å²) in [5.74, 6) is -0.648. The van der Waals surface area contributed by atoms with E-state index in [4.69, 9.17) is 5.11 Å². The first kappa shape index (κ1) is 18.2. The molecule has 0 radical (unpaired) electrons. The summed E-state index contributed by atoms with van der Waals surface area (Å²) in [6.45, 7) is 4.83. The molecule has 0 spiro atoms. The second-order valence-electron chi connectivity index (χ2n) is 5.84. The normalized spacial score (nSPS) is 10.5. The average Bonchev–Trinajstić information content (AvgIpc) is 2.45. The van der Waals surface area contributed by atoms with Gasteiger partial charge in [-0.3, -0.25) is 9.59 Å². The predicted molar refractivity (Wildman–Crippen MR) is 88.0 cm³/mol. The second kappa shape index (κ2) is 9.98. The maximum absolute atomic E-state index is 11.8. The largest absolute Gasteiger partial charge is 0.481 e. The molecule has 0 saturated carbocycles. The predicted octanol–water partition coefficient (Wildman–Crippen LogP) is 3.39. The van der Waals surface area contributed by atoms with Crippen LogP contribution in [-0.2, 0) is 16.0 Å². The van der Waals surface area contributed by atoms with E-state index in [2.05, 4.69) is 37.4 Å². The third-order valence-electron chi connectivity index (χ3n) is 3.76. The number of carboxylic acids is 1. The van der Waals surface area contributed by atoms with Crippen molar-refractivity contribution in [2.75, 3.05) is 6.54 Å². The second-order valence-corrected chi connectivity index (χ2v) is 5.84. The summed E-state index contributed by atoms with van der Waals surface area (Å²) in [5.41, 5.74) is 3.72. The molecule has 0 aliphatic heterocycles. The standard InChI is InChI=1S/C18H27NO3/c1-14-8-9-16(15(2)13-14)10-11-17(20)19-12-6-4-3-5-7-18(21)22/h8-9,13H,3-7,10-12H2,1-2H3,(H,19,20)(H,21,22). The summed E-state index contributed by atoms with van der Waals surface area (Å²) in [4.78, 5) is 22.1. The van der Waals surface area contributed by atoms with Crippen molar-refractivity contribution < 1.29 is 14.7 Å². The average molecular weight is 305 g/mol. The van der Waals surface area contributed by atoms with Crippen molar-refractivity contribution in [1.82, 2.24) is 5.32 Å². The lowest BCUT2D eigenvalue weighted by molar-refractivity contribution is -0.137. The van der Waals surface area contributed by atoms with E-state index in [1.807, 2.05) is 0 Å². The van der Waals surface area contributed by atoms with Gasteiger partial charge in [-0.2, -0.15) is 0 Å². The lowest BCUT2D eigenvalue weighted by Gasteiger charge is -2.08. The van der Waals surface area contributed by atoms with Crippen molar-refractivity contribution in [2.45, 2.75) is 58.8 Å². The number of unbranched alkanes of at least 4 members (excludes halogenated alkanes) is 3. The van der Waals surface area contributed by atoms with Crippen LogP contribution in [0.2, 0.25) is 0 Å². The molecule has 0 aliphatic carbocycles.